The van der Waals surface area contributed by atoms with Crippen LogP contribution in [0.25, 0.3) is 0 Å². The molecule has 0 saturated heterocycles. The second-order valence-corrected chi connectivity index (χ2v) is 6.11. The van der Waals surface area contributed by atoms with Crippen LogP contribution in [0.4, 0.5) is 5.69 Å². The molecule has 1 fully saturated rings. The van der Waals surface area contributed by atoms with E-state index in [0.717, 1.165) is 31.2 Å². The Hall–Kier alpha value is -1.88. The fourth-order valence-corrected chi connectivity index (χ4v) is 2.87. The van der Waals surface area contributed by atoms with Crippen LogP contribution in [0.15, 0.2) is 18.2 Å². The number of aryl methyl sites for hydroxylation is 1. The number of aliphatic hydroxyl groups excluding tert-OH is 1. The predicted octanol–water partition coefficient (Wildman–Crippen LogP) is 2.23. The predicted molar refractivity (Wildman–Crippen MR) is 85.8 cm³/mol. The molecular formula is C17H24N2O3. The average molecular weight is 304 g/mol. The van der Waals surface area contributed by atoms with Gasteiger partial charge in [0.1, 0.15) is 0 Å². The van der Waals surface area contributed by atoms with Gasteiger partial charge in [0.05, 0.1) is 6.10 Å². The lowest BCUT2D eigenvalue weighted by Crippen LogP contribution is -2.33. The van der Waals surface area contributed by atoms with Gasteiger partial charge in [0.25, 0.3) is 5.91 Å². The highest BCUT2D eigenvalue weighted by Crippen LogP contribution is 2.23. The number of carbonyl (C=O) groups excluding carboxylic acids is 2. The molecule has 0 aromatic heterocycles. The van der Waals surface area contributed by atoms with Crippen molar-refractivity contribution in [3.8, 4) is 0 Å². The van der Waals surface area contributed by atoms with Gasteiger partial charge in [-0.15, -0.1) is 0 Å². The Morgan fingerprint density at radius 2 is 2.09 bits per heavy atom. The Kier molecular flexibility index (Phi) is 5.55. The van der Waals surface area contributed by atoms with Crippen LogP contribution in [0.2, 0.25) is 0 Å². The summed E-state index contributed by atoms with van der Waals surface area (Å²) in [6, 6.07) is 5.28. The smallest absolute Gasteiger partial charge is 0.251 e. The van der Waals surface area contributed by atoms with E-state index >= 15 is 0 Å². The molecule has 1 aromatic carbocycles. The van der Waals surface area contributed by atoms with Gasteiger partial charge >= 0.3 is 0 Å². The third-order valence-corrected chi connectivity index (χ3v) is 4.12. The zero-order valence-corrected chi connectivity index (χ0v) is 13.2. The van der Waals surface area contributed by atoms with E-state index < -0.39 is 0 Å². The maximum absolute atomic E-state index is 12.2. The Morgan fingerprint density at radius 3 is 2.77 bits per heavy atom. The summed E-state index contributed by atoms with van der Waals surface area (Å²) in [5.41, 5.74) is 2.11. The van der Waals surface area contributed by atoms with Gasteiger partial charge in [0.15, 0.2) is 0 Å². The van der Waals surface area contributed by atoms with Gasteiger partial charge in [0.2, 0.25) is 5.91 Å². The maximum Gasteiger partial charge on any atom is 0.251 e. The van der Waals surface area contributed by atoms with Crippen LogP contribution in [-0.2, 0) is 4.79 Å². The van der Waals surface area contributed by atoms with Crippen LogP contribution in [0.5, 0.6) is 0 Å². The molecule has 0 bridgehead atoms. The first-order chi connectivity index (χ1) is 10.5. The summed E-state index contributed by atoms with van der Waals surface area (Å²) in [5, 5.41) is 15.3. The first kappa shape index (κ1) is 16.5. The number of rotatable bonds is 4. The Bertz CT molecular complexity index is 557. The summed E-state index contributed by atoms with van der Waals surface area (Å²) in [6.07, 6.45) is 3.44. The van der Waals surface area contributed by atoms with Crippen molar-refractivity contribution < 1.29 is 14.7 Å². The van der Waals surface area contributed by atoms with Gasteiger partial charge < -0.3 is 15.7 Å². The summed E-state index contributed by atoms with van der Waals surface area (Å²) >= 11 is 0. The fraction of sp³-hybridized carbons (Fsp3) is 0.529. The van der Waals surface area contributed by atoms with Gasteiger partial charge in [-0.3, -0.25) is 9.59 Å². The van der Waals surface area contributed by atoms with Crippen molar-refractivity contribution in [2.45, 2.75) is 45.6 Å². The Morgan fingerprint density at radius 1 is 1.32 bits per heavy atom. The van der Waals surface area contributed by atoms with Crippen LogP contribution in [0.3, 0.4) is 0 Å². The molecule has 22 heavy (non-hydrogen) atoms. The lowest BCUT2D eigenvalue weighted by molar-refractivity contribution is -0.114. The molecule has 3 N–H and O–H groups in total. The van der Waals surface area contributed by atoms with Gasteiger partial charge in [-0.05, 0) is 49.8 Å². The van der Waals surface area contributed by atoms with Crippen molar-refractivity contribution in [2.24, 2.45) is 5.92 Å². The number of hydrogen-bond donors (Lipinski definition) is 3. The third kappa shape index (κ3) is 4.56. The molecular weight excluding hydrogens is 280 g/mol. The summed E-state index contributed by atoms with van der Waals surface area (Å²) in [5.74, 6) is 0.0384. The molecule has 1 aliphatic rings. The van der Waals surface area contributed by atoms with Crippen LogP contribution in [0, 0.1) is 12.8 Å². The first-order valence-corrected chi connectivity index (χ1v) is 7.80. The molecule has 2 rings (SSSR count). The second-order valence-electron chi connectivity index (χ2n) is 6.11. The maximum atomic E-state index is 12.2. The van der Waals surface area contributed by atoms with Crippen LogP contribution < -0.4 is 10.6 Å². The number of aliphatic hydroxyl groups is 1. The number of nitrogens with one attached hydrogen (secondary N) is 2. The summed E-state index contributed by atoms with van der Waals surface area (Å²) in [4.78, 5) is 23.4. The molecule has 1 aliphatic carbocycles. The SMILES string of the molecule is CC(=O)Nc1cc(C(=O)NCC2CCCC(O)C2)ccc1C. The zero-order valence-electron chi connectivity index (χ0n) is 13.2. The normalized spacial score (nSPS) is 21.2. The van der Waals surface area contributed by atoms with Crippen molar-refractivity contribution >= 4 is 17.5 Å². The highest BCUT2D eigenvalue weighted by atomic mass is 16.3. The van der Waals surface area contributed by atoms with Crippen molar-refractivity contribution in [1.29, 1.82) is 0 Å². The number of benzene rings is 1. The van der Waals surface area contributed by atoms with Gasteiger partial charge in [-0.25, -0.2) is 0 Å². The molecule has 2 unspecified atom stereocenters. The van der Waals surface area contributed by atoms with Gasteiger partial charge in [-0.1, -0.05) is 12.5 Å². The summed E-state index contributed by atoms with van der Waals surface area (Å²) < 4.78 is 0. The third-order valence-electron chi connectivity index (χ3n) is 4.12. The molecule has 0 radical (unpaired) electrons. The Balaban J connectivity index is 1.95. The Labute approximate surface area is 131 Å². The minimum atomic E-state index is -0.235. The van der Waals surface area contributed by atoms with Crippen molar-refractivity contribution in [3.05, 3.63) is 29.3 Å². The number of hydrogen-bond acceptors (Lipinski definition) is 3. The lowest BCUT2D eigenvalue weighted by atomic mass is 9.87. The second kappa shape index (κ2) is 7.40. The van der Waals surface area contributed by atoms with E-state index in [4.69, 9.17) is 0 Å². The zero-order chi connectivity index (χ0) is 16.1. The lowest BCUT2D eigenvalue weighted by Gasteiger charge is -2.25. The molecule has 2 atom stereocenters. The van der Waals surface area contributed by atoms with Crippen LogP contribution in [0.1, 0.15) is 48.5 Å². The molecule has 0 heterocycles. The molecule has 0 spiro atoms. The topological polar surface area (TPSA) is 78.4 Å². The van der Waals surface area contributed by atoms with Crippen molar-refractivity contribution in [3.63, 3.8) is 0 Å². The monoisotopic (exact) mass is 304 g/mol. The van der Waals surface area contributed by atoms with E-state index in [2.05, 4.69) is 10.6 Å². The molecule has 1 saturated carbocycles. The van der Waals surface area contributed by atoms with Crippen LogP contribution >= 0.6 is 0 Å². The summed E-state index contributed by atoms with van der Waals surface area (Å²) in [6.45, 7) is 3.91. The van der Waals surface area contributed by atoms with Crippen LogP contribution in [-0.4, -0.2) is 29.6 Å². The highest BCUT2D eigenvalue weighted by molar-refractivity contribution is 5.97. The minimum absolute atomic E-state index is 0.147. The number of amides is 2. The molecule has 5 nitrogen and oxygen atoms in total. The molecule has 120 valence electrons. The number of anilines is 1. The van der Waals surface area contributed by atoms with Gasteiger partial charge in [0, 0.05) is 24.7 Å². The average Bonchev–Trinajstić information content (AvgIpc) is 2.46. The molecule has 2 amide bonds. The minimum Gasteiger partial charge on any atom is -0.393 e. The molecule has 0 aliphatic heterocycles. The van der Waals surface area contributed by atoms with Crippen molar-refractivity contribution in [1.82, 2.24) is 5.32 Å². The van der Waals surface area contributed by atoms with E-state index in [1.54, 1.807) is 12.1 Å². The quantitative estimate of drug-likeness (QED) is 0.798. The molecule has 1 aromatic rings. The van der Waals surface area contributed by atoms with Gasteiger partial charge in [-0.2, -0.15) is 0 Å². The number of carbonyl (C=O) groups is 2. The largest absolute Gasteiger partial charge is 0.393 e. The summed E-state index contributed by atoms with van der Waals surface area (Å²) in [7, 11) is 0. The molecule has 5 heteroatoms. The van der Waals surface area contributed by atoms with E-state index in [-0.39, 0.29) is 17.9 Å². The van der Waals surface area contributed by atoms with E-state index in [9.17, 15) is 14.7 Å². The first-order valence-electron chi connectivity index (χ1n) is 7.80. The standard InChI is InChI=1S/C17H24N2O3/c1-11-6-7-14(9-16(11)19-12(2)20)17(22)18-10-13-4-3-5-15(21)8-13/h6-7,9,13,15,21H,3-5,8,10H2,1-2H3,(H,18,22)(H,19,20). The van der Waals surface area contributed by atoms with E-state index in [1.807, 2.05) is 13.0 Å². The fourth-order valence-electron chi connectivity index (χ4n) is 2.87. The highest BCUT2D eigenvalue weighted by Gasteiger charge is 2.20. The van der Waals surface area contributed by atoms with Crippen molar-refractivity contribution in [2.75, 3.05) is 11.9 Å². The van der Waals surface area contributed by atoms with E-state index in [1.165, 1.54) is 6.92 Å². The van der Waals surface area contributed by atoms with E-state index in [0.29, 0.717) is 23.7 Å².